The molecule has 1 aromatic rings. The van der Waals surface area contributed by atoms with Gasteiger partial charge in [0.25, 0.3) is 0 Å². The molecule has 15 heavy (non-hydrogen) atoms. The van der Waals surface area contributed by atoms with Crippen molar-refractivity contribution < 1.29 is 0 Å². The summed E-state index contributed by atoms with van der Waals surface area (Å²) in [4.78, 5) is 5.44. The van der Waals surface area contributed by atoms with Crippen molar-refractivity contribution in [3.63, 3.8) is 0 Å². The summed E-state index contributed by atoms with van der Waals surface area (Å²) in [7, 11) is 0. The van der Waals surface area contributed by atoms with Crippen molar-refractivity contribution >= 4 is 16.5 Å². The number of nitrogen functional groups attached to an aromatic ring is 1. The monoisotopic (exact) mass is 221 g/mol. The molecule has 2 rings (SSSR count). The van der Waals surface area contributed by atoms with Gasteiger partial charge in [-0.2, -0.15) is 5.26 Å². The quantitative estimate of drug-likeness (QED) is 0.835. The summed E-state index contributed by atoms with van der Waals surface area (Å²) in [5.41, 5.74) is 6.77. The molecule has 4 heteroatoms. The van der Waals surface area contributed by atoms with Gasteiger partial charge in [0, 0.05) is 4.88 Å². The molecule has 0 aliphatic heterocycles. The largest absolute Gasteiger partial charge is 0.375 e. The molecule has 2 unspecified atom stereocenters. The number of nitrogens with zero attached hydrogens (tertiary/aromatic N) is 2. The van der Waals surface area contributed by atoms with Crippen LogP contribution in [-0.4, -0.2) is 4.98 Å². The molecule has 80 valence electrons. The summed E-state index contributed by atoms with van der Waals surface area (Å²) in [5.74, 6) is 0.647. The van der Waals surface area contributed by atoms with E-state index in [4.69, 9.17) is 11.0 Å². The van der Waals surface area contributed by atoms with Crippen molar-refractivity contribution in [1.82, 2.24) is 4.98 Å². The van der Waals surface area contributed by atoms with E-state index in [1.54, 1.807) is 0 Å². The zero-order chi connectivity index (χ0) is 10.8. The number of nitrogens with two attached hydrogens (primary N) is 1. The summed E-state index contributed by atoms with van der Waals surface area (Å²) in [6.45, 7) is 2.19. The van der Waals surface area contributed by atoms with Crippen molar-refractivity contribution in [3.05, 3.63) is 10.6 Å². The summed E-state index contributed by atoms with van der Waals surface area (Å²) in [5, 5.41) is 9.73. The molecule has 2 atom stereocenters. The zero-order valence-corrected chi connectivity index (χ0v) is 9.68. The van der Waals surface area contributed by atoms with E-state index >= 15 is 0 Å². The van der Waals surface area contributed by atoms with E-state index in [0.29, 0.717) is 11.0 Å². The SMILES string of the molecule is CCCC1Cc2nc(N)sc2C(C#N)C1. The van der Waals surface area contributed by atoms with Crippen LogP contribution in [0.25, 0.3) is 0 Å². The lowest BCUT2D eigenvalue weighted by Gasteiger charge is -2.23. The molecule has 2 N–H and O–H groups in total. The van der Waals surface area contributed by atoms with Crippen LogP contribution in [0.3, 0.4) is 0 Å². The molecule has 1 heterocycles. The van der Waals surface area contributed by atoms with Crippen molar-refractivity contribution in [2.24, 2.45) is 5.92 Å². The summed E-state index contributed by atoms with van der Waals surface area (Å²) < 4.78 is 0. The number of hydrogen-bond acceptors (Lipinski definition) is 4. The third kappa shape index (κ3) is 1.98. The first kappa shape index (κ1) is 10.4. The Labute approximate surface area is 93.9 Å². The summed E-state index contributed by atoms with van der Waals surface area (Å²) in [6.07, 6.45) is 4.36. The standard InChI is InChI=1S/C11H15N3S/c1-2-3-7-4-8(6-12)10-9(5-7)14-11(13)15-10/h7-8H,2-5H2,1H3,(H2,13,14). The van der Waals surface area contributed by atoms with E-state index in [0.717, 1.165) is 23.4 Å². The lowest BCUT2D eigenvalue weighted by molar-refractivity contribution is 0.404. The van der Waals surface area contributed by atoms with Crippen molar-refractivity contribution in [2.45, 2.75) is 38.5 Å². The van der Waals surface area contributed by atoms with Gasteiger partial charge in [0.1, 0.15) is 0 Å². The van der Waals surface area contributed by atoms with Gasteiger partial charge in [0.2, 0.25) is 0 Å². The van der Waals surface area contributed by atoms with E-state index in [9.17, 15) is 0 Å². The second-order valence-corrected chi connectivity index (χ2v) is 5.20. The van der Waals surface area contributed by atoms with Crippen LogP contribution in [0, 0.1) is 17.2 Å². The molecular weight excluding hydrogens is 206 g/mol. The first-order valence-electron chi connectivity index (χ1n) is 5.39. The van der Waals surface area contributed by atoms with E-state index in [2.05, 4.69) is 18.0 Å². The smallest absolute Gasteiger partial charge is 0.180 e. The van der Waals surface area contributed by atoms with Gasteiger partial charge in [-0.25, -0.2) is 4.98 Å². The number of rotatable bonds is 2. The molecule has 1 aliphatic carbocycles. The van der Waals surface area contributed by atoms with Crippen LogP contribution >= 0.6 is 11.3 Å². The highest BCUT2D eigenvalue weighted by Gasteiger charge is 2.29. The highest BCUT2D eigenvalue weighted by Crippen LogP contribution is 2.40. The predicted molar refractivity (Wildman–Crippen MR) is 61.6 cm³/mol. The van der Waals surface area contributed by atoms with Gasteiger partial charge in [-0.15, -0.1) is 11.3 Å². The molecule has 0 spiro atoms. The van der Waals surface area contributed by atoms with E-state index in [-0.39, 0.29) is 5.92 Å². The Kier molecular flexibility index (Phi) is 2.92. The second kappa shape index (κ2) is 4.19. The second-order valence-electron chi connectivity index (χ2n) is 4.14. The third-order valence-corrected chi connectivity index (χ3v) is 4.00. The first-order chi connectivity index (χ1) is 7.24. The van der Waals surface area contributed by atoms with Crippen molar-refractivity contribution in [3.8, 4) is 6.07 Å². The Hall–Kier alpha value is -1.08. The van der Waals surface area contributed by atoms with Crippen LogP contribution in [0.1, 0.15) is 42.7 Å². The fraction of sp³-hybridized carbons (Fsp3) is 0.636. The van der Waals surface area contributed by atoms with E-state index in [1.807, 2.05) is 0 Å². The normalized spacial score (nSPS) is 24.5. The van der Waals surface area contributed by atoms with Gasteiger partial charge >= 0.3 is 0 Å². The topological polar surface area (TPSA) is 62.7 Å². The van der Waals surface area contributed by atoms with Gasteiger partial charge in [-0.3, -0.25) is 0 Å². The maximum absolute atomic E-state index is 9.12. The Morgan fingerprint density at radius 1 is 1.67 bits per heavy atom. The summed E-state index contributed by atoms with van der Waals surface area (Å²) >= 11 is 1.49. The Morgan fingerprint density at radius 3 is 3.13 bits per heavy atom. The van der Waals surface area contributed by atoms with Crippen molar-refractivity contribution in [2.75, 3.05) is 5.73 Å². The minimum Gasteiger partial charge on any atom is -0.375 e. The summed E-state index contributed by atoms with van der Waals surface area (Å²) in [6, 6.07) is 2.38. The van der Waals surface area contributed by atoms with Crippen molar-refractivity contribution in [1.29, 1.82) is 5.26 Å². The van der Waals surface area contributed by atoms with E-state index in [1.165, 1.54) is 24.2 Å². The Bertz CT molecular complexity index is 391. The molecule has 0 saturated heterocycles. The number of aromatic nitrogens is 1. The third-order valence-electron chi connectivity index (χ3n) is 2.96. The number of fused-ring (bicyclic) bond motifs is 1. The lowest BCUT2D eigenvalue weighted by Crippen LogP contribution is -2.16. The molecule has 0 amide bonds. The Morgan fingerprint density at radius 2 is 2.47 bits per heavy atom. The first-order valence-corrected chi connectivity index (χ1v) is 6.21. The number of thiazole rings is 1. The van der Waals surface area contributed by atoms with Gasteiger partial charge in [-0.05, 0) is 18.8 Å². The average molecular weight is 221 g/mol. The highest BCUT2D eigenvalue weighted by atomic mass is 32.1. The fourth-order valence-electron chi connectivity index (χ4n) is 2.34. The predicted octanol–water partition coefficient (Wildman–Crippen LogP) is 2.69. The van der Waals surface area contributed by atoms with Crippen LogP contribution in [0.15, 0.2) is 0 Å². The molecule has 0 radical (unpaired) electrons. The van der Waals surface area contributed by atoms with Gasteiger partial charge in [0.15, 0.2) is 5.13 Å². The molecule has 1 aromatic heterocycles. The van der Waals surface area contributed by atoms with Gasteiger partial charge < -0.3 is 5.73 Å². The van der Waals surface area contributed by atoms with E-state index < -0.39 is 0 Å². The highest BCUT2D eigenvalue weighted by molar-refractivity contribution is 7.15. The van der Waals surface area contributed by atoms with Crippen LogP contribution in [0.2, 0.25) is 0 Å². The maximum atomic E-state index is 9.12. The molecule has 0 bridgehead atoms. The molecule has 0 aromatic carbocycles. The molecule has 0 saturated carbocycles. The van der Waals surface area contributed by atoms with Crippen LogP contribution < -0.4 is 5.73 Å². The minimum atomic E-state index is 0.0279. The van der Waals surface area contributed by atoms with Crippen LogP contribution in [-0.2, 0) is 6.42 Å². The number of hydrogen-bond donors (Lipinski definition) is 1. The number of anilines is 1. The van der Waals surface area contributed by atoms with Crippen LogP contribution in [0.5, 0.6) is 0 Å². The minimum absolute atomic E-state index is 0.0279. The fourth-order valence-corrected chi connectivity index (χ4v) is 3.26. The average Bonchev–Trinajstić information content (AvgIpc) is 2.57. The zero-order valence-electron chi connectivity index (χ0n) is 8.86. The Balaban J connectivity index is 2.26. The molecule has 1 aliphatic rings. The van der Waals surface area contributed by atoms with Crippen LogP contribution in [0.4, 0.5) is 5.13 Å². The lowest BCUT2D eigenvalue weighted by atomic mass is 9.82. The molecule has 3 nitrogen and oxygen atoms in total. The van der Waals surface area contributed by atoms with Gasteiger partial charge in [0.05, 0.1) is 17.7 Å². The molecule has 0 fully saturated rings. The molecular formula is C11H15N3S. The maximum Gasteiger partial charge on any atom is 0.180 e. The number of nitriles is 1. The van der Waals surface area contributed by atoms with Gasteiger partial charge in [-0.1, -0.05) is 19.8 Å².